The lowest BCUT2D eigenvalue weighted by atomic mass is 10.4. The van der Waals surface area contributed by atoms with Crippen molar-refractivity contribution in [3.63, 3.8) is 0 Å². The Balaban J connectivity index is 1.30. The molecule has 6 nitrogen and oxygen atoms in total. The largest absolute Gasteiger partial charge is 0.338 e. The molecule has 2 aromatic heterocycles. The Hall–Kier alpha value is -1.89. The standard InChI is InChI=1S/C15H21N5OS/c1-11-7-18-20(9-11)6-2-5-16-15(21)17-8-13-10-22-14(19-13)12-3-4-12/h7,9-10,12H,2-6,8H2,1H3,(H2,16,17,21). The molecule has 118 valence electrons. The molecule has 1 aliphatic carbocycles. The van der Waals surface area contributed by atoms with Gasteiger partial charge < -0.3 is 10.6 Å². The summed E-state index contributed by atoms with van der Waals surface area (Å²) in [6.07, 6.45) is 7.22. The molecule has 0 unspecified atom stereocenters. The monoisotopic (exact) mass is 319 g/mol. The number of nitrogens with zero attached hydrogens (tertiary/aromatic N) is 3. The van der Waals surface area contributed by atoms with Crippen LogP contribution in [-0.4, -0.2) is 27.3 Å². The Morgan fingerprint density at radius 1 is 1.45 bits per heavy atom. The molecule has 0 saturated heterocycles. The fraction of sp³-hybridized carbons (Fsp3) is 0.533. The summed E-state index contributed by atoms with van der Waals surface area (Å²) in [6, 6.07) is -0.141. The third-order valence-corrected chi connectivity index (χ3v) is 4.59. The summed E-state index contributed by atoms with van der Waals surface area (Å²) in [7, 11) is 0. The molecular weight excluding hydrogens is 298 g/mol. The van der Waals surface area contributed by atoms with Crippen LogP contribution >= 0.6 is 11.3 Å². The van der Waals surface area contributed by atoms with Crippen molar-refractivity contribution < 1.29 is 4.79 Å². The molecule has 2 heterocycles. The minimum absolute atomic E-state index is 0.141. The molecule has 0 aliphatic heterocycles. The summed E-state index contributed by atoms with van der Waals surface area (Å²) in [5.41, 5.74) is 2.11. The van der Waals surface area contributed by atoms with Crippen LogP contribution in [0.15, 0.2) is 17.8 Å². The van der Waals surface area contributed by atoms with Crippen molar-refractivity contribution >= 4 is 17.4 Å². The topological polar surface area (TPSA) is 71.8 Å². The number of hydrogen-bond acceptors (Lipinski definition) is 4. The highest BCUT2D eigenvalue weighted by atomic mass is 32.1. The third kappa shape index (κ3) is 4.30. The van der Waals surface area contributed by atoms with E-state index in [2.05, 4.69) is 20.7 Å². The minimum Gasteiger partial charge on any atom is -0.338 e. The van der Waals surface area contributed by atoms with Crippen molar-refractivity contribution in [2.75, 3.05) is 6.54 Å². The van der Waals surface area contributed by atoms with Gasteiger partial charge >= 0.3 is 6.03 Å². The Labute approximate surface area is 133 Å². The maximum atomic E-state index is 11.7. The maximum absolute atomic E-state index is 11.7. The van der Waals surface area contributed by atoms with Crippen molar-refractivity contribution in [3.8, 4) is 0 Å². The lowest BCUT2D eigenvalue weighted by Crippen LogP contribution is -2.35. The average molecular weight is 319 g/mol. The number of aromatic nitrogens is 3. The first-order chi connectivity index (χ1) is 10.7. The highest BCUT2D eigenvalue weighted by Crippen LogP contribution is 2.41. The molecule has 0 bridgehead atoms. The van der Waals surface area contributed by atoms with E-state index in [-0.39, 0.29) is 6.03 Å². The van der Waals surface area contributed by atoms with E-state index in [1.807, 2.05) is 29.4 Å². The van der Waals surface area contributed by atoms with Crippen molar-refractivity contribution in [3.05, 3.63) is 34.0 Å². The molecule has 1 fully saturated rings. The highest BCUT2D eigenvalue weighted by molar-refractivity contribution is 7.09. The van der Waals surface area contributed by atoms with Gasteiger partial charge in [-0.15, -0.1) is 11.3 Å². The summed E-state index contributed by atoms with van der Waals surface area (Å²) in [6.45, 7) is 3.95. The number of urea groups is 1. The Morgan fingerprint density at radius 2 is 2.32 bits per heavy atom. The lowest BCUT2D eigenvalue weighted by Gasteiger charge is -2.06. The smallest absolute Gasteiger partial charge is 0.315 e. The van der Waals surface area contributed by atoms with Gasteiger partial charge in [0.25, 0.3) is 0 Å². The molecule has 0 atom stereocenters. The Kier molecular flexibility index (Phi) is 4.72. The maximum Gasteiger partial charge on any atom is 0.315 e. The summed E-state index contributed by atoms with van der Waals surface area (Å²) in [5, 5.41) is 13.2. The van der Waals surface area contributed by atoms with Crippen LogP contribution in [0.1, 0.15) is 41.4 Å². The number of rotatable bonds is 7. The van der Waals surface area contributed by atoms with Crippen LogP contribution in [0.4, 0.5) is 4.79 Å². The van der Waals surface area contributed by atoms with E-state index in [4.69, 9.17) is 0 Å². The van der Waals surface area contributed by atoms with Crippen molar-refractivity contribution in [2.24, 2.45) is 0 Å². The van der Waals surface area contributed by atoms with E-state index in [0.29, 0.717) is 19.0 Å². The molecule has 3 rings (SSSR count). The second-order valence-electron chi connectivity index (χ2n) is 5.70. The minimum atomic E-state index is -0.141. The number of carbonyl (C=O) groups excluding carboxylic acids is 1. The molecule has 22 heavy (non-hydrogen) atoms. The third-order valence-electron chi connectivity index (χ3n) is 3.54. The second-order valence-corrected chi connectivity index (χ2v) is 6.58. The number of carbonyl (C=O) groups is 1. The normalized spacial score (nSPS) is 14.0. The van der Waals surface area contributed by atoms with E-state index in [0.717, 1.165) is 24.2 Å². The van der Waals surface area contributed by atoms with Gasteiger partial charge in [0.15, 0.2) is 0 Å². The van der Waals surface area contributed by atoms with E-state index in [1.54, 1.807) is 11.3 Å². The SMILES string of the molecule is Cc1cnn(CCCNC(=O)NCc2csc(C3CC3)n2)c1. The van der Waals surface area contributed by atoms with Crippen molar-refractivity contribution in [1.82, 2.24) is 25.4 Å². The molecule has 0 radical (unpaired) electrons. The van der Waals surface area contributed by atoms with Crippen molar-refractivity contribution in [2.45, 2.75) is 45.2 Å². The molecule has 7 heteroatoms. The highest BCUT2D eigenvalue weighted by Gasteiger charge is 2.26. The quantitative estimate of drug-likeness (QED) is 0.770. The van der Waals surface area contributed by atoms with Crippen LogP contribution < -0.4 is 10.6 Å². The average Bonchev–Trinajstić information content (AvgIpc) is 3.10. The number of hydrogen-bond donors (Lipinski definition) is 2. The zero-order chi connectivity index (χ0) is 15.4. The molecule has 2 N–H and O–H groups in total. The molecular formula is C15H21N5OS. The first kappa shape index (κ1) is 15.0. The van der Waals surface area contributed by atoms with Crippen LogP contribution in [0.5, 0.6) is 0 Å². The van der Waals surface area contributed by atoms with Gasteiger partial charge in [-0.25, -0.2) is 9.78 Å². The summed E-state index contributed by atoms with van der Waals surface area (Å²) >= 11 is 1.70. The Bertz CT molecular complexity index is 631. The molecule has 1 saturated carbocycles. The van der Waals surface area contributed by atoms with Crippen LogP contribution in [0.25, 0.3) is 0 Å². The fourth-order valence-electron chi connectivity index (χ4n) is 2.19. The lowest BCUT2D eigenvalue weighted by molar-refractivity contribution is 0.240. The zero-order valence-corrected chi connectivity index (χ0v) is 13.5. The van der Waals surface area contributed by atoms with Gasteiger partial charge in [0.1, 0.15) is 0 Å². The first-order valence-corrected chi connectivity index (χ1v) is 8.54. The van der Waals surface area contributed by atoms with Crippen LogP contribution in [0.2, 0.25) is 0 Å². The summed E-state index contributed by atoms with van der Waals surface area (Å²) < 4.78 is 1.89. The van der Waals surface area contributed by atoms with Gasteiger partial charge in [-0.1, -0.05) is 0 Å². The summed E-state index contributed by atoms with van der Waals surface area (Å²) in [5.74, 6) is 0.679. The van der Waals surface area contributed by atoms with Gasteiger partial charge in [-0.05, 0) is 31.7 Å². The van der Waals surface area contributed by atoms with E-state index in [1.165, 1.54) is 17.8 Å². The second kappa shape index (κ2) is 6.91. The Morgan fingerprint density at radius 3 is 3.05 bits per heavy atom. The number of thiazole rings is 1. The van der Waals surface area contributed by atoms with Gasteiger partial charge in [-0.3, -0.25) is 4.68 Å². The van der Waals surface area contributed by atoms with Gasteiger partial charge in [0.2, 0.25) is 0 Å². The number of amides is 2. The van der Waals surface area contributed by atoms with E-state index >= 15 is 0 Å². The fourth-order valence-corrected chi connectivity index (χ4v) is 3.18. The van der Waals surface area contributed by atoms with Crippen LogP contribution in [0, 0.1) is 6.92 Å². The zero-order valence-electron chi connectivity index (χ0n) is 12.7. The molecule has 0 spiro atoms. The molecule has 0 aromatic carbocycles. The van der Waals surface area contributed by atoms with E-state index in [9.17, 15) is 4.79 Å². The van der Waals surface area contributed by atoms with E-state index < -0.39 is 0 Å². The molecule has 2 aromatic rings. The van der Waals surface area contributed by atoms with Crippen molar-refractivity contribution in [1.29, 1.82) is 0 Å². The summed E-state index contributed by atoms with van der Waals surface area (Å²) in [4.78, 5) is 16.3. The number of aryl methyl sites for hydroxylation is 2. The van der Waals surface area contributed by atoms with Crippen LogP contribution in [0.3, 0.4) is 0 Å². The van der Waals surface area contributed by atoms with Gasteiger partial charge in [0.05, 0.1) is 23.4 Å². The predicted octanol–water partition coefficient (Wildman–Crippen LogP) is 2.41. The predicted molar refractivity (Wildman–Crippen MR) is 85.9 cm³/mol. The van der Waals surface area contributed by atoms with Crippen LogP contribution in [-0.2, 0) is 13.1 Å². The van der Waals surface area contributed by atoms with Gasteiger partial charge in [-0.2, -0.15) is 5.10 Å². The van der Waals surface area contributed by atoms with Gasteiger partial charge in [0, 0.05) is 30.6 Å². The molecule has 1 aliphatic rings. The first-order valence-electron chi connectivity index (χ1n) is 7.66. The number of nitrogens with one attached hydrogen (secondary N) is 2. The molecule has 2 amide bonds.